The van der Waals surface area contributed by atoms with Gasteiger partial charge in [-0.15, -0.1) is 0 Å². The number of hydrogen-bond donors (Lipinski definition) is 2. The minimum absolute atomic E-state index is 0.133. The number of nitrogens with zero attached hydrogens (tertiary/aromatic N) is 3. The first-order valence-electron chi connectivity index (χ1n) is 8.67. The van der Waals surface area contributed by atoms with Gasteiger partial charge >= 0.3 is 0 Å². The first kappa shape index (κ1) is 17.5. The van der Waals surface area contributed by atoms with Crippen LogP contribution >= 0.6 is 0 Å². The first-order valence-corrected chi connectivity index (χ1v) is 8.67. The fraction of sp³-hybridized carbons (Fsp3) is 0.100. The molecular weight excluding hydrogens is 358 g/mol. The molecule has 4 aromatic rings. The molecule has 2 N–H and O–H groups in total. The van der Waals surface area contributed by atoms with Gasteiger partial charge in [0.1, 0.15) is 5.76 Å². The molecule has 4 rings (SSSR count). The number of carbonyl (C=O) groups excluding carboxylic acids is 2. The van der Waals surface area contributed by atoms with Crippen LogP contribution in [0, 0.1) is 0 Å². The van der Waals surface area contributed by atoms with Gasteiger partial charge in [-0.2, -0.15) is 0 Å². The summed E-state index contributed by atoms with van der Waals surface area (Å²) >= 11 is 0. The third-order valence-electron chi connectivity index (χ3n) is 4.15. The van der Waals surface area contributed by atoms with Gasteiger partial charge in [-0.3, -0.25) is 19.0 Å². The predicted molar refractivity (Wildman–Crippen MR) is 100 cm³/mol. The normalized spacial score (nSPS) is 10.7. The Kier molecular flexibility index (Phi) is 4.83. The van der Waals surface area contributed by atoms with Gasteiger partial charge in [0.05, 0.1) is 18.3 Å². The number of aromatic nitrogens is 3. The summed E-state index contributed by atoms with van der Waals surface area (Å²) in [6, 6.07) is 12.5. The van der Waals surface area contributed by atoms with Crippen molar-refractivity contribution in [2.24, 2.45) is 0 Å². The summed E-state index contributed by atoms with van der Waals surface area (Å²) in [4.78, 5) is 33.6. The molecule has 0 atom stereocenters. The first-order chi connectivity index (χ1) is 13.7. The number of amides is 2. The number of furan rings is 1. The van der Waals surface area contributed by atoms with Crippen LogP contribution in [0.4, 0.5) is 0 Å². The molecule has 0 aromatic carbocycles. The standard InChI is InChI=1S/C20H17N5O3/c26-19(22-12-14-5-3-8-21-11-14)17-16-7-1-2-9-25(16)18(24-17)20(27)23-13-15-6-4-10-28-15/h1-11H,12-13H2,(H,22,26)(H,23,27). The molecular formula is C20H17N5O3. The molecule has 4 aromatic heterocycles. The van der Waals surface area contributed by atoms with E-state index in [-0.39, 0.29) is 24.0 Å². The average molecular weight is 375 g/mol. The van der Waals surface area contributed by atoms with Crippen LogP contribution in [0.1, 0.15) is 32.4 Å². The minimum atomic E-state index is -0.399. The quantitative estimate of drug-likeness (QED) is 0.538. The number of carbonyl (C=O) groups is 2. The lowest BCUT2D eigenvalue weighted by molar-refractivity contribution is 0.0937. The predicted octanol–water partition coefficient (Wildman–Crippen LogP) is 2.18. The summed E-state index contributed by atoms with van der Waals surface area (Å²) < 4.78 is 6.81. The Hall–Kier alpha value is -3.94. The number of imidazole rings is 1. The van der Waals surface area contributed by atoms with Crippen LogP contribution in [0.3, 0.4) is 0 Å². The van der Waals surface area contributed by atoms with Gasteiger partial charge < -0.3 is 15.1 Å². The van der Waals surface area contributed by atoms with Gasteiger partial charge in [-0.05, 0) is 35.9 Å². The molecule has 0 aliphatic carbocycles. The highest BCUT2D eigenvalue weighted by Crippen LogP contribution is 2.14. The van der Waals surface area contributed by atoms with Gasteiger partial charge in [0.15, 0.2) is 5.69 Å². The van der Waals surface area contributed by atoms with Crippen molar-refractivity contribution < 1.29 is 14.0 Å². The third kappa shape index (κ3) is 3.61. The van der Waals surface area contributed by atoms with Crippen molar-refractivity contribution >= 4 is 17.3 Å². The molecule has 4 heterocycles. The number of fused-ring (bicyclic) bond motifs is 1. The van der Waals surface area contributed by atoms with Crippen LogP contribution < -0.4 is 10.6 Å². The summed E-state index contributed by atoms with van der Waals surface area (Å²) in [6.45, 7) is 0.550. The summed E-state index contributed by atoms with van der Waals surface area (Å²) in [7, 11) is 0. The largest absolute Gasteiger partial charge is 0.467 e. The van der Waals surface area contributed by atoms with E-state index in [1.807, 2.05) is 6.07 Å². The van der Waals surface area contributed by atoms with E-state index in [9.17, 15) is 9.59 Å². The second-order valence-electron chi connectivity index (χ2n) is 6.05. The molecule has 2 amide bonds. The number of pyridine rings is 2. The van der Waals surface area contributed by atoms with E-state index in [2.05, 4.69) is 20.6 Å². The van der Waals surface area contributed by atoms with Crippen LogP contribution in [0.15, 0.2) is 71.7 Å². The SMILES string of the molecule is O=C(NCc1cccnc1)c1nc(C(=O)NCc2ccco2)n2ccccc12. The molecule has 0 spiro atoms. The van der Waals surface area contributed by atoms with E-state index >= 15 is 0 Å². The fourth-order valence-corrected chi connectivity index (χ4v) is 2.79. The van der Waals surface area contributed by atoms with Crippen LogP contribution in [0.5, 0.6) is 0 Å². The zero-order valence-corrected chi connectivity index (χ0v) is 14.8. The molecule has 8 nitrogen and oxygen atoms in total. The second kappa shape index (κ2) is 7.75. The maximum absolute atomic E-state index is 12.7. The Balaban J connectivity index is 1.55. The Morgan fingerprint density at radius 1 is 1.00 bits per heavy atom. The Morgan fingerprint density at radius 3 is 2.68 bits per heavy atom. The van der Waals surface area contributed by atoms with E-state index in [1.165, 1.54) is 6.26 Å². The molecule has 28 heavy (non-hydrogen) atoms. The smallest absolute Gasteiger partial charge is 0.288 e. The molecule has 0 fully saturated rings. The Bertz CT molecular complexity index is 1100. The lowest BCUT2D eigenvalue weighted by Gasteiger charge is -2.03. The number of hydrogen-bond acceptors (Lipinski definition) is 5. The van der Waals surface area contributed by atoms with Crippen molar-refractivity contribution in [1.82, 2.24) is 25.0 Å². The molecule has 0 saturated heterocycles. The van der Waals surface area contributed by atoms with Crippen LogP contribution in [-0.2, 0) is 13.1 Å². The van der Waals surface area contributed by atoms with Crippen LogP contribution in [0.2, 0.25) is 0 Å². The number of nitrogens with one attached hydrogen (secondary N) is 2. The zero-order chi connectivity index (χ0) is 19.3. The van der Waals surface area contributed by atoms with Crippen LogP contribution in [-0.4, -0.2) is 26.2 Å². The summed E-state index contributed by atoms with van der Waals surface area (Å²) in [6.07, 6.45) is 6.58. The van der Waals surface area contributed by atoms with Crippen molar-refractivity contribution in [3.05, 3.63) is 90.2 Å². The molecule has 0 radical (unpaired) electrons. The average Bonchev–Trinajstić information content (AvgIpc) is 3.39. The monoisotopic (exact) mass is 375 g/mol. The van der Waals surface area contributed by atoms with Gasteiger partial charge in [0, 0.05) is 25.1 Å². The maximum Gasteiger partial charge on any atom is 0.288 e. The highest BCUT2D eigenvalue weighted by molar-refractivity contribution is 6.02. The highest BCUT2D eigenvalue weighted by atomic mass is 16.3. The Morgan fingerprint density at radius 2 is 1.89 bits per heavy atom. The minimum Gasteiger partial charge on any atom is -0.467 e. The number of rotatable bonds is 6. The molecule has 0 aliphatic heterocycles. The molecule has 0 bridgehead atoms. The third-order valence-corrected chi connectivity index (χ3v) is 4.15. The summed E-state index contributed by atoms with van der Waals surface area (Å²) in [5.74, 6) is -0.00104. The Labute approximate surface area is 160 Å². The summed E-state index contributed by atoms with van der Waals surface area (Å²) in [5, 5.41) is 5.56. The van der Waals surface area contributed by atoms with E-state index in [4.69, 9.17) is 4.42 Å². The molecule has 8 heteroatoms. The lowest BCUT2D eigenvalue weighted by atomic mass is 10.2. The highest BCUT2D eigenvalue weighted by Gasteiger charge is 2.21. The molecule has 0 aliphatic rings. The van der Waals surface area contributed by atoms with Crippen molar-refractivity contribution in [2.45, 2.75) is 13.1 Å². The molecule has 0 saturated carbocycles. The lowest BCUT2D eigenvalue weighted by Crippen LogP contribution is -2.25. The van der Waals surface area contributed by atoms with Crippen molar-refractivity contribution in [3.8, 4) is 0 Å². The van der Waals surface area contributed by atoms with Crippen molar-refractivity contribution in [2.75, 3.05) is 0 Å². The zero-order valence-electron chi connectivity index (χ0n) is 14.8. The van der Waals surface area contributed by atoms with Gasteiger partial charge in [-0.25, -0.2) is 4.98 Å². The molecule has 0 unspecified atom stereocenters. The maximum atomic E-state index is 12.7. The van der Waals surface area contributed by atoms with Crippen molar-refractivity contribution in [3.63, 3.8) is 0 Å². The fourth-order valence-electron chi connectivity index (χ4n) is 2.79. The van der Waals surface area contributed by atoms with E-state index in [0.29, 0.717) is 17.8 Å². The second-order valence-corrected chi connectivity index (χ2v) is 6.05. The summed E-state index contributed by atoms with van der Waals surface area (Å²) in [5.41, 5.74) is 1.61. The van der Waals surface area contributed by atoms with Gasteiger partial charge in [-0.1, -0.05) is 12.1 Å². The van der Waals surface area contributed by atoms with Crippen LogP contribution in [0.25, 0.3) is 5.52 Å². The van der Waals surface area contributed by atoms with Gasteiger partial charge in [0.25, 0.3) is 11.8 Å². The molecule has 140 valence electrons. The van der Waals surface area contributed by atoms with Gasteiger partial charge in [0.2, 0.25) is 5.82 Å². The van der Waals surface area contributed by atoms with E-state index in [0.717, 1.165) is 5.56 Å². The van der Waals surface area contributed by atoms with E-state index in [1.54, 1.807) is 59.4 Å². The van der Waals surface area contributed by atoms with Crippen molar-refractivity contribution in [1.29, 1.82) is 0 Å². The topological polar surface area (TPSA) is 102 Å². The van der Waals surface area contributed by atoms with E-state index < -0.39 is 5.91 Å².